The number of ether oxygens (including phenoxy) is 1. The van der Waals surface area contributed by atoms with Crippen molar-refractivity contribution in [2.45, 2.75) is 25.8 Å². The van der Waals surface area contributed by atoms with E-state index in [1.54, 1.807) is 14.2 Å². The maximum absolute atomic E-state index is 5.86. The smallest absolute Gasteiger partial charge is 0.191 e. The molecular formula is C16H29IN4O2. The van der Waals surface area contributed by atoms with Gasteiger partial charge < -0.3 is 19.8 Å². The number of halogens is 1. The molecule has 1 aromatic rings. The third-order valence-electron chi connectivity index (χ3n) is 3.96. The van der Waals surface area contributed by atoms with Gasteiger partial charge in [0, 0.05) is 27.2 Å². The van der Waals surface area contributed by atoms with Crippen LogP contribution in [-0.2, 0) is 4.74 Å². The van der Waals surface area contributed by atoms with E-state index in [-0.39, 0.29) is 30.0 Å². The van der Waals surface area contributed by atoms with Crippen LogP contribution in [0.3, 0.4) is 0 Å². The number of methoxy groups -OCH3 is 1. The van der Waals surface area contributed by atoms with Crippen LogP contribution in [0.2, 0.25) is 0 Å². The Bertz CT molecular complexity index is 472. The fourth-order valence-corrected chi connectivity index (χ4v) is 2.78. The van der Waals surface area contributed by atoms with Crippen LogP contribution in [0.4, 0.5) is 0 Å². The average molecular weight is 436 g/mol. The van der Waals surface area contributed by atoms with Crippen molar-refractivity contribution in [2.75, 3.05) is 46.9 Å². The Hall–Kier alpha value is -0.800. The van der Waals surface area contributed by atoms with Gasteiger partial charge in [0.15, 0.2) is 5.96 Å². The number of furan rings is 1. The van der Waals surface area contributed by atoms with Crippen LogP contribution in [0.15, 0.2) is 21.5 Å². The van der Waals surface area contributed by atoms with Crippen molar-refractivity contribution >= 4 is 29.9 Å². The summed E-state index contributed by atoms with van der Waals surface area (Å²) in [5, 5.41) is 6.63. The third kappa shape index (κ3) is 6.31. The Balaban J connectivity index is 0.00000264. The predicted octanol–water partition coefficient (Wildman–Crippen LogP) is 2.15. The van der Waals surface area contributed by atoms with E-state index < -0.39 is 0 Å². The van der Waals surface area contributed by atoms with E-state index >= 15 is 0 Å². The molecule has 1 saturated heterocycles. The van der Waals surface area contributed by atoms with Crippen molar-refractivity contribution in [3.05, 3.63) is 23.7 Å². The Morgan fingerprint density at radius 1 is 1.35 bits per heavy atom. The maximum Gasteiger partial charge on any atom is 0.191 e. The van der Waals surface area contributed by atoms with Gasteiger partial charge in [-0.1, -0.05) is 0 Å². The Morgan fingerprint density at radius 3 is 2.65 bits per heavy atom. The Morgan fingerprint density at radius 2 is 2.09 bits per heavy atom. The normalized spacial score (nSPS) is 16.9. The molecule has 7 heteroatoms. The van der Waals surface area contributed by atoms with E-state index in [4.69, 9.17) is 9.15 Å². The van der Waals surface area contributed by atoms with Gasteiger partial charge in [0.05, 0.1) is 12.6 Å². The second-order valence-corrected chi connectivity index (χ2v) is 5.58. The SMILES string of the molecule is CN=C(NCCOC)NCC(c1ccc(C)o1)N1CCCC1.I. The lowest BCUT2D eigenvalue weighted by Crippen LogP contribution is -2.43. The second-order valence-electron chi connectivity index (χ2n) is 5.58. The van der Waals surface area contributed by atoms with Gasteiger partial charge >= 0.3 is 0 Å². The van der Waals surface area contributed by atoms with Gasteiger partial charge in [0.1, 0.15) is 11.5 Å². The first-order valence-electron chi connectivity index (χ1n) is 7.98. The number of rotatable bonds is 7. The van der Waals surface area contributed by atoms with Gasteiger partial charge in [0.25, 0.3) is 0 Å². The second kappa shape index (κ2) is 10.9. The van der Waals surface area contributed by atoms with Crippen LogP contribution >= 0.6 is 24.0 Å². The third-order valence-corrected chi connectivity index (χ3v) is 3.96. The summed E-state index contributed by atoms with van der Waals surface area (Å²) in [7, 11) is 3.48. The van der Waals surface area contributed by atoms with E-state index in [0.29, 0.717) is 6.61 Å². The van der Waals surface area contributed by atoms with Crippen molar-refractivity contribution < 1.29 is 9.15 Å². The topological polar surface area (TPSA) is 62.0 Å². The summed E-state index contributed by atoms with van der Waals surface area (Å²) < 4.78 is 10.9. The molecule has 1 atom stereocenters. The molecule has 6 nitrogen and oxygen atoms in total. The molecule has 0 aliphatic carbocycles. The van der Waals surface area contributed by atoms with Crippen LogP contribution < -0.4 is 10.6 Å². The van der Waals surface area contributed by atoms with Gasteiger partial charge in [0.2, 0.25) is 0 Å². The quantitative estimate of drug-likeness (QED) is 0.297. The molecule has 0 spiro atoms. The molecule has 2 heterocycles. The maximum atomic E-state index is 5.86. The molecule has 0 radical (unpaired) electrons. The summed E-state index contributed by atoms with van der Waals surface area (Å²) in [4.78, 5) is 6.73. The zero-order chi connectivity index (χ0) is 15.8. The molecule has 2 N–H and O–H groups in total. The summed E-state index contributed by atoms with van der Waals surface area (Å²) in [6.45, 7) is 6.42. The van der Waals surface area contributed by atoms with Crippen molar-refractivity contribution in [1.29, 1.82) is 0 Å². The number of nitrogens with zero attached hydrogens (tertiary/aromatic N) is 2. The summed E-state index contributed by atoms with van der Waals surface area (Å²) in [6, 6.07) is 4.36. The van der Waals surface area contributed by atoms with Crippen LogP contribution in [0.5, 0.6) is 0 Å². The van der Waals surface area contributed by atoms with Crippen molar-refractivity contribution in [3.63, 3.8) is 0 Å². The van der Waals surface area contributed by atoms with Gasteiger partial charge in [-0.05, 0) is 45.0 Å². The Kier molecular flexibility index (Phi) is 9.57. The molecule has 1 aromatic heterocycles. The number of nitrogens with one attached hydrogen (secondary N) is 2. The lowest BCUT2D eigenvalue weighted by Gasteiger charge is -2.26. The minimum Gasteiger partial charge on any atom is -0.465 e. The fraction of sp³-hybridized carbons (Fsp3) is 0.688. The molecule has 23 heavy (non-hydrogen) atoms. The number of likely N-dealkylation sites (tertiary alicyclic amines) is 1. The van der Waals surface area contributed by atoms with Crippen LogP contribution in [0, 0.1) is 6.92 Å². The van der Waals surface area contributed by atoms with Gasteiger partial charge in [-0.3, -0.25) is 9.89 Å². The first kappa shape index (κ1) is 20.2. The highest BCUT2D eigenvalue weighted by Crippen LogP contribution is 2.25. The molecule has 1 aliphatic rings. The van der Waals surface area contributed by atoms with Crippen LogP contribution in [0.25, 0.3) is 0 Å². The van der Waals surface area contributed by atoms with Crippen LogP contribution in [0.1, 0.15) is 30.4 Å². The molecular weight excluding hydrogens is 407 g/mol. The van der Waals surface area contributed by atoms with Crippen molar-refractivity contribution in [1.82, 2.24) is 15.5 Å². The highest BCUT2D eigenvalue weighted by atomic mass is 127. The molecule has 0 bridgehead atoms. The molecule has 0 saturated carbocycles. The van der Waals surface area contributed by atoms with E-state index in [0.717, 1.165) is 43.7 Å². The molecule has 0 amide bonds. The molecule has 2 rings (SSSR count). The van der Waals surface area contributed by atoms with Gasteiger partial charge in [-0.15, -0.1) is 24.0 Å². The summed E-state index contributed by atoms with van der Waals surface area (Å²) >= 11 is 0. The summed E-state index contributed by atoms with van der Waals surface area (Å²) in [5.74, 6) is 2.78. The Labute approximate surface area is 156 Å². The van der Waals surface area contributed by atoms with Gasteiger partial charge in [-0.2, -0.15) is 0 Å². The van der Waals surface area contributed by atoms with Crippen LogP contribution in [-0.4, -0.2) is 57.8 Å². The fourth-order valence-electron chi connectivity index (χ4n) is 2.78. The number of hydrogen-bond acceptors (Lipinski definition) is 4. The molecule has 132 valence electrons. The van der Waals surface area contributed by atoms with E-state index in [9.17, 15) is 0 Å². The summed E-state index contributed by atoms with van der Waals surface area (Å²) in [5.41, 5.74) is 0. The zero-order valence-corrected chi connectivity index (χ0v) is 16.6. The zero-order valence-electron chi connectivity index (χ0n) is 14.3. The lowest BCUT2D eigenvalue weighted by atomic mass is 10.2. The van der Waals surface area contributed by atoms with E-state index in [1.165, 1.54) is 12.8 Å². The van der Waals surface area contributed by atoms with E-state index in [2.05, 4.69) is 26.6 Å². The molecule has 0 aromatic carbocycles. The standard InChI is InChI=1S/C16H28N4O2.HI/c1-13-6-7-15(22-13)14(20-9-4-5-10-20)12-19-16(17-2)18-8-11-21-3;/h6-7,14H,4-5,8-12H2,1-3H3,(H2,17,18,19);1H. The largest absolute Gasteiger partial charge is 0.465 e. The number of guanidine groups is 1. The van der Waals surface area contributed by atoms with Gasteiger partial charge in [-0.25, -0.2) is 0 Å². The number of aliphatic imine (C=N–C) groups is 1. The summed E-state index contributed by atoms with van der Waals surface area (Å²) in [6.07, 6.45) is 2.52. The lowest BCUT2D eigenvalue weighted by molar-refractivity contribution is 0.202. The number of aryl methyl sites for hydroxylation is 1. The first-order valence-corrected chi connectivity index (χ1v) is 7.98. The first-order chi connectivity index (χ1) is 10.7. The molecule has 1 aliphatic heterocycles. The highest BCUT2D eigenvalue weighted by Gasteiger charge is 2.26. The van der Waals surface area contributed by atoms with Crippen molar-refractivity contribution in [2.24, 2.45) is 4.99 Å². The predicted molar refractivity (Wildman–Crippen MR) is 104 cm³/mol. The minimum absolute atomic E-state index is 0. The molecule has 1 unspecified atom stereocenters. The monoisotopic (exact) mass is 436 g/mol. The molecule has 1 fully saturated rings. The minimum atomic E-state index is 0. The average Bonchev–Trinajstić information content (AvgIpc) is 3.18. The van der Waals surface area contributed by atoms with E-state index in [1.807, 2.05) is 13.0 Å². The number of hydrogen-bond donors (Lipinski definition) is 2. The van der Waals surface area contributed by atoms with Crippen molar-refractivity contribution in [3.8, 4) is 0 Å². The highest BCUT2D eigenvalue weighted by molar-refractivity contribution is 14.0.